The number of carbonyl (C=O) groups is 1. The monoisotopic (exact) mass is 364 g/mol. The molecular weight excluding hydrogens is 336 g/mol. The van der Waals surface area contributed by atoms with Crippen molar-refractivity contribution in [2.24, 2.45) is 0 Å². The van der Waals surface area contributed by atoms with E-state index in [1.807, 2.05) is 18.7 Å². The van der Waals surface area contributed by atoms with Crippen molar-refractivity contribution in [2.75, 3.05) is 52.9 Å². The number of non-ortho nitro benzene ring substituents is 1. The molecule has 0 saturated carbocycles. The molecule has 1 aromatic rings. The summed E-state index contributed by atoms with van der Waals surface area (Å²) in [6.45, 7) is 9.77. The Balaban J connectivity index is 1.91. The van der Waals surface area contributed by atoms with Gasteiger partial charge in [-0.1, -0.05) is 0 Å². The van der Waals surface area contributed by atoms with Crippen LogP contribution in [0.15, 0.2) is 18.2 Å². The van der Waals surface area contributed by atoms with Gasteiger partial charge in [0.2, 0.25) is 5.91 Å². The van der Waals surface area contributed by atoms with Crippen LogP contribution >= 0.6 is 0 Å². The summed E-state index contributed by atoms with van der Waals surface area (Å²) in [6.07, 6.45) is 0. The van der Waals surface area contributed by atoms with E-state index >= 15 is 0 Å². The van der Waals surface area contributed by atoms with E-state index in [0.29, 0.717) is 18.8 Å². The van der Waals surface area contributed by atoms with E-state index in [2.05, 4.69) is 9.80 Å². The molecule has 1 heterocycles. The van der Waals surface area contributed by atoms with Gasteiger partial charge in [0, 0.05) is 63.5 Å². The number of hydrogen-bond donors (Lipinski definition) is 0. The van der Waals surface area contributed by atoms with Gasteiger partial charge in [-0.2, -0.15) is 0 Å². The molecule has 0 atom stereocenters. The summed E-state index contributed by atoms with van der Waals surface area (Å²) in [5, 5.41) is 11.0. The first-order valence-corrected chi connectivity index (χ1v) is 9.02. The van der Waals surface area contributed by atoms with Crippen LogP contribution in [0.2, 0.25) is 0 Å². The molecule has 144 valence electrons. The molecule has 1 aromatic carbocycles. The van der Waals surface area contributed by atoms with Crippen LogP contribution in [0, 0.1) is 10.1 Å². The highest BCUT2D eigenvalue weighted by Crippen LogP contribution is 2.25. The summed E-state index contributed by atoms with van der Waals surface area (Å²) in [5.41, 5.74) is 0.888. The highest BCUT2D eigenvalue weighted by atomic mass is 16.6. The Kier molecular flexibility index (Phi) is 7.35. The van der Waals surface area contributed by atoms with Gasteiger partial charge in [-0.15, -0.1) is 0 Å². The molecule has 0 aromatic heterocycles. The van der Waals surface area contributed by atoms with E-state index in [0.717, 1.165) is 44.8 Å². The first-order chi connectivity index (χ1) is 12.5. The van der Waals surface area contributed by atoms with Crippen LogP contribution in [-0.2, 0) is 11.3 Å². The standard InChI is InChI=1S/C18H28N4O4/c1-4-21(5-2)18(23)14-20-10-8-19(9-11-20)13-15-12-16(22(24)25)6-7-17(15)26-3/h6-7,12H,4-5,8-11,13-14H2,1-3H3. The van der Waals surface area contributed by atoms with Crippen LogP contribution in [-0.4, -0.2) is 78.5 Å². The zero-order chi connectivity index (χ0) is 19.1. The van der Waals surface area contributed by atoms with Crippen LogP contribution in [0.3, 0.4) is 0 Å². The predicted octanol–water partition coefficient (Wildman–Crippen LogP) is 1.59. The van der Waals surface area contributed by atoms with Crippen LogP contribution < -0.4 is 4.74 Å². The van der Waals surface area contributed by atoms with Crippen molar-refractivity contribution < 1.29 is 14.5 Å². The summed E-state index contributed by atoms with van der Waals surface area (Å²) < 4.78 is 5.34. The summed E-state index contributed by atoms with van der Waals surface area (Å²) in [6, 6.07) is 4.68. The van der Waals surface area contributed by atoms with Crippen molar-refractivity contribution in [3.63, 3.8) is 0 Å². The number of carbonyl (C=O) groups excluding carboxylic acids is 1. The molecule has 1 amide bonds. The average molecular weight is 364 g/mol. The van der Waals surface area contributed by atoms with Gasteiger partial charge in [0.15, 0.2) is 0 Å². The van der Waals surface area contributed by atoms with Crippen molar-refractivity contribution in [3.05, 3.63) is 33.9 Å². The Morgan fingerprint density at radius 2 is 1.81 bits per heavy atom. The Morgan fingerprint density at radius 3 is 2.35 bits per heavy atom. The van der Waals surface area contributed by atoms with Crippen LogP contribution in [0.5, 0.6) is 5.75 Å². The smallest absolute Gasteiger partial charge is 0.270 e. The van der Waals surface area contributed by atoms with Gasteiger partial charge < -0.3 is 9.64 Å². The second kappa shape index (κ2) is 9.49. The van der Waals surface area contributed by atoms with E-state index < -0.39 is 0 Å². The SMILES string of the molecule is CCN(CC)C(=O)CN1CCN(Cc2cc([N+](=O)[O-])ccc2OC)CC1. The number of hydrogen-bond acceptors (Lipinski definition) is 6. The van der Waals surface area contributed by atoms with Crippen molar-refractivity contribution in [3.8, 4) is 5.75 Å². The first-order valence-electron chi connectivity index (χ1n) is 9.02. The molecule has 1 fully saturated rings. The van der Waals surface area contributed by atoms with Crippen molar-refractivity contribution >= 4 is 11.6 Å². The average Bonchev–Trinajstić information content (AvgIpc) is 2.64. The minimum atomic E-state index is -0.389. The van der Waals surface area contributed by atoms with Gasteiger partial charge in [0.25, 0.3) is 5.69 Å². The molecule has 2 rings (SSSR count). The molecule has 1 aliphatic rings. The molecule has 1 saturated heterocycles. The quantitative estimate of drug-likeness (QED) is 0.515. The van der Waals surface area contributed by atoms with Gasteiger partial charge in [-0.3, -0.25) is 24.7 Å². The number of nitrogens with zero attached hydrogens (tertiary/aromatic N) is 4. The predicted molar refractivity (Wildman–Crippen MR) is 99.3 cm³/mol. The number of rotatable bonds is 8. The van der Waals surface area contributed by atoms with E-state index in [1.165, 1.54) is 6.07 Å². The lowest BCUT2D eigenvalue weighted by atomic mass is 10.1. The maximum Gasteiger partial charge on any atom is 0.270 e. The zero-order valence-corrected chi connectivity index (χ0v) is 15.8. The van der Waals surface area contributed by atoms with Crippen molar-refractivity contribution in [2.45, 2.75) is 20.4 Å². The van der Waals surface area contributed by atoms with Crippen molar-refractivity contribution in [1.82, 2.24) is 14.7 Å². The summed E-state index contributed by atoms with van der Waals surface area (Å²) >= 11 is 0. The highest BCUT2D eigenvalue weighted by Gasteiger charge is 2.22. The maximum atomic E-state index is 12.2. The first kappa shape index (κ1) is 20.1. The normalized spacial score (nSPS) is 15.7. The molecule has 8 nitrogen and oxygen atoms in total. The number of likely N-dealkylation sites (N-methyl/N-ethyl adjacent to an activating group) is 1. The van der Waals surface area contributed by atoms with E-state index in [4.69, 9.17) is 4.74 Å². The summed E-state index contributed by atoms with van der Waals surface area (Å²) in [4.78, 5) is 29.1. The number of methoxy groups -OCH3 is 1. The number of amides is 1. The third kappa shape index (κ3) is 5.15. The van der Waals surface area contributed by atoms with Gasteiger partial charge >= 0.3 is 0 Å². The lowest BCUT2D eigenvalue weighted by Crippen LogP contribution is -2.49. The van der Waals surface area contributed by atoms with Gasteiger partial charge in [0.05, 0.1) is 18.6 Å². The minimum Gasteiger partial charge on any atom is -0.496 e. The molecule has 26 heavy (non-hydrogen) atoms. The van der Waals surface area contributed by atoms with Crippen LogP contribution in [0.25, 0.3) is 0 Å². The lowest BCUT2D eigenvalue weighted by molar-refractivity contribution is -0.385. The highest BCUT2D eigenvalue weighted by molar-refractivity contribution is 5.78. The van der Waals surface area contributed by atoms with Gasteiger partial charge in [-0.05, 0) is 19.9 Å². The molecule has 0 spiro atoms. The molecular formula is C18H28N4O4. The molecule has 0 radical (unpaired) electrons. The van der Waals surface area contributed by atoms with Crippen LogP contribution in [0.1, 0.15) is 19.4 Å². The fourth-order valence-corrected chi connectivity index (χ4v) is 3.22. The molecule has 8 heteroatoms. The van der Waals surface area contributed by atoms with Gasteiger partial charge in [0.1, 0.15) is 5.75 Å². The zero-order valence-electron chi connectivity index (χ0n) is 15.8. The maximum absolute atomic E-state index is 12.2. The summed E-state index contributed by atoms with van der Waals surface area (Å²) in [7, 11) is 1.57. The Bertz CT molecular complexity index is 626. The van der Waals surface area contributed by atoms with E-state index in [1.54, 1.807) is 19.2 Å². The Hall–Kier alpha value is -2.19. The fraction of sp³-hybridized carbons (Fsp3) is 0.611. The van der Waals surface area contributed by atoms with Crippen molar-refractivity contribution in [1.29, 1.82) is 0 Å². The number of piperazine rings is 1. The number of nitro groups is 1. The van der Waals surface area contributed by atoms with Gasteiger partial charge in [-0.25, -0.2) is 0 Å². The van der Waals surface area contributed by atoms with E-state index in [-0.39, 0.29) is 16.5 Å². The molecule has 0 aliphatic carbocycles. The van der Waals surface area contributed by atoms with Crippen LogP contribution in [0.4, 0.5) is 5.69 Å². The topological polar surface area (TPSA) is 79.2 Å². The summed E-state index contributed by atoms with van der Waals surface area (Å²) in [5.74, 6) is 0.832. The van der Waals surface area contributed by atoms with E-state index in [9.17, 15) is 14.9 Å². The lowest BCUT2D eigenvalue weighted by Gasteiger charge is -2.35. The minimum absolute atomic E-state index is 0.0734. The number of ether oxygens (including phenoxy) is 1. The largest absolute Gasteiger partial charge is 0.496 e. The Morgan fingerprint density at radius 1 is 1.19 bits per heavy atom. The molecule has 0 unspecified atom stereocenters. The fourth-order valence-electron chi connectivity index (χ4n) is 3.22. The third-order valence-corrected chi connectivity index (χ3v) is 4.81. The second-order valence-corrected chi connectivity index (χ2v) is 6.37. The third-order valence-electron chi connectivity index (χ3n) is 4.81. The molecule has 0 bridgehead atoms. The Labute approximate surface area is 154 Å². The molecule has 0 N–H and O–H groups in total. The second-order valence-electron chi connectivity index (χ2n) is 6.37. The number of benzene rings is 1. The number of nitro benzene ring substituents is 1. The molecule has 1 aliphatic heterocycles.